The van der Waals surface area contributed by atoms with Crippen molar-refractivity contribution in [3.8, 4) is 10.4 Å². The molecule has 1 N–H and O–H groups in total. The lowest BCUT2D eigenvalue weighted by Gasteiger charge is -2.08. The molecule has 0 bridgehead atoms. The van der Waals surface area contributed by atoms with Gasteiger partial charge in [-0.25, -0.2) is 8.42 Å². The van der Waals surface area contributed by atoms with Gasteiger partial charge in [-0.3, -0.25) is 9.52 Å². The van der Waals surface area contributed by atoms with E-state index in [0.29, 0.717) is 10.6 Å². The summed E-state index contributed by atoms with van der Waals surface area (Å²) in [4.78, 5) is 13.4. The molecule has 0 spiro atoms. The summed E-state index contributed by atoms with van der Waals surface area (Å²) in [7, 11) is -3.76. The fraction of sp³-hybridized carbons (Fsp3) is 0.150. The van der Waals surface area contributed by atoms with Crippen LogP contribution in [-0.2, 0) is 16.4 Å². The summed E-state index contributed by atoms with van der Waals surface area (Å²) in [6.07, 6.45) is 0.840. The van der Waals surface area contributed by atoms with Gasteiger partial charge in [0, 0.05) is 11.8 Å². The lowest BCUT2D eigenvalue weighted by molar-refractivity contribution is 0.102. The first kappa shape index (κ1) is 18.4. The van der Waals surface area contributed by atoms with Crippen molar-refractivity contribution in [3.05, 3.63) is 71.1 Å². The van der Waals surface area contributed by atoms with Crippen molar-refractivity contribution in [3.63, 3.8) is 0 Å². The number of aryl methyl sites for hydroxylation is 1. The smallest absolute Gasteiger partial charge is 0.261 e. The van der Waals surface area contributed by atoms with Crippen LogP contribution >= 0.6 is 11.3 Å². The number of hydrogen-bond donors (Lipinski definition) is 1. The third-order valence-electron chi connectivity index (χ3n) is 4.00. The average molecular weight is 386 g/mol. The van der Waals surface area contributed by atoms with Gasteiger partial charge < -0.3 is 0 Å². The van der Waals surface area contributed by atoms with E-state index in [0.717, 1.165) is 22.4 Å². The van der Waals surface area contributed by atoms with E-state index < -0.39 is 10.0 Å². The highest BCUT2D eigenvalue weighted by atomic mass is 32.2. The quantitative estimate of drug-likeness (QED) is 0.609. The summed E-state index contributed by atoms with van der Waals surface area (Å²) in [5, 5.41) is 0. The predicted octanol–water partition coefficient (Wildman–Crippen LogP) is 4.98. The Morgan fingerprint density at radius 1 is 1.04 bits per heavy atom. The Morgan fingerprint density at radius 3 is 2.27 bits per heavy atom. The Labute approximate surface area is 157 Å². The third-order valence-corrected chi connectivity index (χ3v) is 6.66. The van der Waals surface area contributed by atoms with Gasteiger partial charge >= 0.3 is 0 Å². The second-order valence-corrected chi connectivity index (χ2v) is 8.61. The molecule has 0 unspecified atom stereocenters. The Hall–Kier alpha value is -2.44. The fourth-order valence-corrected chi connectivity index (χ4v) is 4.72. The number of carbonyl (C=O) groups is 1. The molecule has 0 amide bonds. The molecule has 3 aromatic rings. The number of hydrogen-bond acceptors (Lipinski definition) is 4. The molecule has 0 aliphatic carbocycles. The van der Waals surface area contributed by atoms with E-state index in [1.165, 1.54) is 18.3 Å². The number of rotatable bonds is 6. The summed E-state index contributed by atoms with van der Waals surface area (Å²) >= 11 is 1.29. The summed E-state index contributed by atoms with van der Waals surface area (Å²) < 4.78 is 28.0. The molecule has 1 aromatic heterocycles. The molecular weight excluding hydrogens is 366 g/mol. The number of ketones is 1. The van der Waals surface area contributed by atoms with Crippen molar-refractivity contribution in [2.75, 3.05) is 4.72 Å². The second kappa shape index (κ2) is 7.43. The first-order valence-corrected chi connectivity index (χ1v) is 10.5. The fourth-order valence-electron chi connectivity index (χ4n) is 2.58. The minimum Gasteiger partial charge on any atom is -0.294 e. The summed E-state index contributed by atoms with van der Waals surface area (Å²) in [5.74, 6) is -0.170. The van der Waals surface area contributed by atoms with E-state index in [-0.39, 0.29) is 10.7 Å². The lowest BCUT2D eigenvalue weighted by Crippen LogP contribution is -2.14. The molecule has 0 saturated heterocycles. The van der Waals surface area contributed by atoms with Gasteiger partial charge in [0.25, 0.3) is 10.0 Å². The van der Waals surface area contributed by atoms with Crippen LogP contribution in [0, 0.1) is 0 Å². The molecule has 0 radical (unpaired) electrons. The van der Waals surface area contributed by atoms with Crippen LogP contribution in [0.15, 0.2) is 65.6 Å². The predicted molar refractivity (Wildman–Crippen MR) is 106 cm³/mol. The molecule has 0 saturated carbocycles. The number of anilines is 1. The Kier molecular flexibility index (Phi) is 5.25. The number of Topliss-reactive ketones (excluding diaryl/α,β-unsaturated/α-hetero) is 1. The molecule has 1 heterocycles. The van der Waals surface area contributed by atoms with Crippen LogP contribution in [-0.4, -0.2) is 14.2 Å². The first-order valence-electron chi connectivity index (χ1n) is 8.22. The molecule has 26 heavy (non-hydrogen) atoms. The number of sulfonamides is 1. The molecule has 0 aliphatic rings. The molecule has 134 valence electrons. The van der Waals surface area contributed by atoms with E-state index in [4.69, 9.17) is 0 Å². The molecule has 0 fully saturated rings. The highest BCUT2D eigenvalue weighted by molar-refractivity contribution is 7.92. The molecular formula is C20H19NO3S2. The van der Waals surface area contributed by atoms with E-state index in [1.807, 2.05) is 37.3 Å². The largest absolute Gasteiger partial charge is 0.294 e. The molecule has 6 heteroatoms. The van der Waals surface area contributed by atoms with Crippen LogP contribution in [0.4, 0.5) is 5.69 Å². The van der Waals surface area contributed by atoms with Crippen molar-refractivity contribution in [2.24, 2.45) is 0 Å². The van der Waals surface area contributed by atoms with Gasteiger partial charge in [-0.05, 0) is 35.7 Å². The van der Waals surface area contributed by atoms with Crippen LogP contribution in [0.2, 0.25) is 0 Å². The van der Waals surface area contributed by atoms with Gasteiger partial charge in [-0.2, -0.15) is 0 Å². The van der Waals surface area contributed by atoms with Crippen molar-refractivity contribution in [2.45, 2.75) is 25.2 Å². The normalized spacial score (nSPS) is 11.3. The molecule has 3 rings (SSSR count). The maximum Gasteiger partial charge on any atom is 0.261 e. The zero-order valence-electron chi connectivity index (χ0n) is 14.5. The zero-order chi connectivity index (χ0) is 18.7. The SMILES string of the molecule is CCc1ccc(S(=O)(=O)Nc2cc(-c3ccccc3)sc2C(C)=O)cc1. The maximum absolute atomic E-state index is 12.7. The van der Waals surface area contributed by atoms with Crippen molar-refractivity contribution in [1.82, 2.24) is 0 Å². The summed E-state index contributed by atoms with van der Waals surface area (Å²) in [6, 6.07) is 18.0. The Balaban J connectivity index is 1.97. The Bertz CT molecular complexity index is 1020. The minimum atomic E-state index is -3.76. The van der Waals surface area contributed by atoms with Crippen LogP contribution < -0.4 is 4.72 Å². The van der Waals surface area contributed by atoms with Crippen LogP contribution in [0.25, 0.3) is 10.4 Å². The van der Waals surface area contributed by atoms with E-state index in [9.17, 15) is 13.2 Å². The number of nitrogens with one attached hydrogen (secondary N) is 1. The summed E-state index contributed by atoms with van der Waals surface area (Å²) in [5.41, 5.74) is 2.33. The van der Waals surface area contributed by atoms with Crippen molar-refractivity contribution in [1.29, 1.82) is 0 Å². The average Bonchev–Trinajstić information content (AvgIpc) is 3.06. The van der Waals surface area contributed by atoms with Crippen molar-refractivity contribution >= 4 is 32.8 Å². The second-order valence-electron chi connectivity index (χ2n) is 5.88. The van der Waals surface area contributed by atoms with Gasteiger partial charge in [0.15, 0.2) is 5.78 Å². The van der Waals surface area contributed by atoms with E-state index in [2.05, 4.69) is 4.72 Å². The zero-order valence-corrected chi connectivity index (χ0v) is 16.2. The minimum absolute atomic E-state index is 0.170. The highest BCUT2D eigenvalue weighted by Crippen LogP contribution is 2.36. The highest BCUT2D eigenvalue weighted by Gasteiger charge is 2.20. The lowest BCUT2D eigenvalue weighted by atomic mass is 10.2. The van der Waals surface area contributed by atoms with E-state index in [1.54, 1.807) is 30.3 Å². The van der Waals surface area contributed by atoms with Gasteiger partial charge in [0.05, 0.1) is 15.5 Å². The monoisotopic (exact) mass is 385 g/mol. The van der Waals surface area contributed by atoms with Crippen LogP contribution in [0.5, 0.6) is 0 Å². The standard InChI is InChI=1S/C20H19NO3S2/c1-3-15-9-11-17(12-10-15)26(23,24)21-18-13-19(25-20(18)14(2)22)16-7-5-4-6-8-16/h4-13,21H,3H2,1-2H3. The number of benzene rings is 2. The van der Waals surface area contributed by atoms with Gasteiger partial charge in [-0.15, -0.1) is 11.3 Å². The van der Waals surface area contributed by atoms with Crippen molar-refractivity contribution < 1.29 is 13.2 Å². The van der Waals surface area contributed by atoms with Gasteiger partial charge in [0.2, 0.25) is 0 Å². The van der Waals surface area contributed by atoms with Gasteiger partial charge in [0.1, 0.15) is 0 Å². The van der Waals surface area contributed by atoms with Crippen LogP contribution in [0.3, 0.4) is 0 Å². The van der Waals surface area contributed by atoms with E-state index >= 15 is 0 Å². The molecule has 0 aliphatic heterocycles. The summed E-state index contributed by atoms with van der Waals surface area (Å²) in [6.45, 7) is 3.45. The Morgan fingerprint density at radius 2 is 1.69 bits per heavy atom. The molecule has 4 nitrogen and oxygen atoms in total. The third kappa shape index (κ3) is 3.86. The van der Waals surface area contributed by atoms with Gasteiger partial charge in [-0.1, -0.05) is 49.4 Å². The molecule has 0 atom stereocenters. The first-order chi connectivity index (χ1) is 12.4. The maximum atomic E-state index is 12.7. The van der Waals surface area contributed by atoms with Crippen LogP contribution in [0.1, 0.15) is 29.1 Å². The molecule has 2 aromatic carbocycles. The number of carbonyl (C=O) groups excluding carboxylic acids is 1. The number of thiophene rings is 1. The topological polar surface area (TPSA) is 63.2 Å².